The predicted molar refractivity (Wildman–Crippen MR) is 64.9 cm³/mol. The van der Waals surface area contributed by atoms with Crippen LogP contribution in [0.5, 0.6) is 0 Å². The van der Waals surface area contributed by atoms with Crippen LogP contribution in [0.2, 0.25) is 0 Å². The van der Waals surface area contributed by atoms with E-state index in [0.717, 1.165) is 19.4 Å². The lowest BCUT2D eigenvalue weighted by atomic mass is 9.90. The van der Waals surface area contributed by atoms with Gasteiger partial charge in [-0.3, -0.25) is 0 Å². The standard InChI is InChI=1S/C13H27NO/c1-3-4-5-6-7-9-12(14)13(2)10-8-11-15-13/h12H,3-11,14H2,1-2H3. The van der Waals surface area contributed by atoms with Gasteiger partial charge >= 0.3 is 0 Å². The molecule has 1 fully saturated rings. The van der Waals surface area contributed by atoms with E-state index < -0.39 is 0 Å². The highest BCUT2D eigenvalue weighted by Crippen LogP contribution is 2.29. The fourth-order valence-electron chi connectivity index (χ4n) is 2.37. The van der Waals surface area contributed by atoms with E-state index in [1.807, 2.05) is 0 Å². The Labute approximate surface area is 94.6 Å². The molecule has 1 rings (SSSR count). The number of unbranched alkanes of at least 4 members (excludes halogenated alkanes) is 4. The van der Waals surface area contributed by atoms with Crippen LogP contribution in [-0.4, -0.2) is 18.2 Å². The van der Waals surface area contributed by atoms with Gasteiger partial charge in [-0.25, -0.2) is 0 Å². The molecule has 15 heavy (non-hydrogen) atoms. The van der Waals surface area contributed by atoms with E-state index in [2.05, 4.69) is 13.8 Å². The van der Waals surface area contributed by atoms with E-state index in [1.54, 1.807) is 0 Å². The SMILES string of the molecule is CCCCCCCC(N)C1(C)CCCO1. The Hall–Kier alpha value is -0.0800. The third-order valence-electron chi connectivity index (χ3n) is 3.65. The van der Waals surface area contributed by atoms with Crippen molar-refractivity contribution >= 4 is 0 Å². The number of hydrogen-bond donors (Lipinski definition) is 1. The quantitative estimate of drug-likeness (QED) is 0.659. The maximum atomic E-state index is 6.20. The van der Waals surface area contributed by atoms with Gasteiger partial charge in [0, 0.05) is 12.6 Å². The molecule has 0 aromatic carbocycles. The summed E-state index contributed by atoms with van der Waals surface area (Å²) in [6.45, 7) is 5.33. The fraction of sp³-hybridized carbons (Fsp3) is 1.00. The van der Waals surface area contributed by atoms with Crippen molar-refractivity contribution in [2.75, 3.05) is 6.61 Å². The third kappa shape index (κ3) is 4.12. The van der Waals surface area contributed by atoms with Crippen LogP contribution in [0, 0.1) is 0 Å². The minimum absolute atomic E-state index is 0.0231. The summed E-state index contributed by atoms with van der Waals surface area (Å²) in [5, 5.41) is 0. The molecule has 0 bridgehead atoms. The molecule has 1 saturated heterocycles. The van der Waals surface area contributed by atoms with E-state index >= 15 is 0 Å². The van der Waals surface area contributed by atoms with Crippen molar-refractivity contribution in [1.82, 2.24) is 0 Å². The molecule has 2 N–H and O–H groups in total. The maximum Gasteiger partial charge on any atom is 0.0805 e. The first-order valence-corrected chi connectivity index (χ1v) is 6.58. The Morgan fingerprint density at radius 2 is 2.00 bits per heavy atom. The van der Waals surface area contributed by atoms with Crippen LogP contribution in [-0.2, 0) is 4.74 Å². The van der Waals surface area contributed by atoms with Crippen molar-refractivity contribution in [2.24, 2.45) is 5.73 Å². The Balaban J connectivity index is 2.09. The molecular weight excluding hydrogens is 186 g/mol. The van der Waals surface area contributed by atoms with Gasteiger partial charge < -0.3 is 10.5 Å². The second-order valence-electron chi connectivity index (χ2n) is 5.07. The molecule has 2 heteroatoms. The molecule has 1 aliphatic rings. The lowest BCUT2D eigenvalue weighted by Gasteiger charge is -2.30. The van der Waals surface area contributed by atoms with Crippen LogP contribution in [0.15, 0.2) is 0 Å². The van der Waals surface area contributed by atoms with Crippen LogP contribution in [0.25, 0.3) is 0 Å². The van der Waals surface area contributed by atoms with Gasteiger partial charge in [0.2, 0.25) is 0 Å². The second-order valence-corrected chi connectivity index (χ2v) is 5.07. The summed E-state index contributed by atoms with van der Waals surface area (Å²) in [6, 6.07) is 0.238. The Kier molecular flexibility index (Phi) is 5.62. The summed E-state index contributed by atoms with van der Waals surface area (Å²) >= 11 is 0. The molecule has 0 saturated carbocycles. The third-order valence-corrected chi connectivity index (χ3v) is 3.65. The molecule has 0 amide bonds. The smallest absolute Gasteiger partial charge is 0.0805 e. The van der Waals surface area contributed by atoms with E-state index in [9.17, 15) is 0 Å². The van der Waals surface area contributed by atoms with Gasteiger partial charge in [-0.05, 0) is 26.2 Å². The van der Waals surface area contributed by atoms with Crippen molar-refractivity contribution in [3.05, 3.63) is 0 Å². The van der Waals surface area contributed by atoms with Gasteiger partial charge in [-0.15, -0.1) is 0 Å². The predicted octanol–water partition coefficient (Wildman–Crippen LogP) is 3.24. The van der Waals surface area contributed by atoms with Crippen LogP contribution in [0.3, 0.4) is 0 Å². The van der Waals surface area contributed by atoms with Gasteiger partial charge in [-0.1, -0.05) is 39.0 Å². The summed E-state index contributed by atoms with van der Waals surface area (Å²) in [7, 11) is 0. The molecule has 0 radical (unpaired) electrons. The maximum absolute atomic E-state index is 6.20. The summed E-state index contributed by atoms with van der Waals surface area (Å²) < 4.78 is 5.76. The molecule has 0 spiro atoms. The molecule has 0 aromatic heterocycles. The molecule has 0 aromatic rings. The largest absolute Gasteiger partial charge is 0.374 e. The summed E-state index contributed by atoms with van der Waals surface area (Å²) in [4.78, 5) is 0. The first-order chi connectivity index (χ1) is 7.19. The van der Waals surface area contributed by atoms with Crippen molar-refractivity contribution in [3.8, 4) is 0 Å². The minimum Gasteiger partial charge on any atom is -0.374 e. The Bertz CT molecular complexity index is 164. The van der Waals surface area contributed by atoms with Crippen molar-refractivity contribution in [2.45, 2.75) is 76.9 Å². The van der Waals surface area contributed by atoms with Crippen LogP contribution in [0.4, 0.5) is 0 Å². The Morgan fingerprint density at radius 1 is 1.27 bits per heavy atom. The highest BCUT2D eigenvalue weighted by atomic mass is 16.5. The van der Waals surface area contributed by atoms with Crippen molar-refractivity contribution < 1.29 is 4.74 Å². The molecule has 0 aliphatic carbocycles. The van der Waals surface area contributed by atoms with E-state index in [-0.39, 0.29) is 11.6 Å². The average molecular weight is 213 g/mol. The zero-order valence-electron chi connectivity index (χ0n) is 10.4. The van der Waals surface area contributed by atoms with E-state index in [1.165, 1.54) is 38.5 Å². The van der Waals surface area contributed by atoms with Gasteiger partial charge in [0.15, 0.2) is 0 Å². The Morgan fingerprint density at radius 3 is 2.60 bits per heavy atom. The molecule has 2 nitrogen and oxygen atoms in total. The van der Waals surface area contributed by atoms with Gasteiger partial charge in [-0.2, -0.15) is 0 Å². The van der Waals surface area contributed by atoms with Crippen LogP contribution >= 0.6 is 0 Å². The fourth-order valence-corrected chi connectivity index (χ4v) is 2.37. The molecule has 1 heterocycles. The lowest BCUT2D eigenvalue weighted by Crippen LogP contribution is -2.44. The number of nitrogens with two attached hydrogens (primary N) is 1. The monoisotopic (exact) mass is 213 g/mol. The number of hydrogen-bond acceptors (Lipinski definition) is 2. The van der Waals surface area contributed by atoms with E-state index in [0.29, 0.717) is 0 Å². The topological polar surface area (TPSA) is 35.2 Å². The molecular formula is C13H27NO. The number of rotatable bonds is 7. The van der Waals surface area contributed by atoms with Crippen LogP contribution in [0.1, 0.15) is 65.2 Å². The zero-order valence-corrected chi connectivity index (χ0v) is 10.4. The highest BCUT2D eigenvalue weighted by Gasteiger charge is 2.35. The lowest BCUT2D eigenvalue weighted by molar-refractivity contribution is -0.00364. The summed E-state index contributed by atoms with van der Waals surface area (Å²) in [6.07, 6.45) is 10.1. The van der Waals surface area contributed by atoms with E-state index in [4.69, 9.17) is 10.5 Å². The van der Waals surface area contributed by atoms with Crippen molar-refractivity contribution in [3.63, 3.8) is 0 Å². The first kappa shape index (κ1) is 13.0. The molecule has 1 aliphatic heterocycles. The molecule has 2 atom stereocenters. The minimum atomic E-state index is -0.0231. The zero-order chi connectivity index (χ0) is 11.1. The average Bonchev–Trinajstić information content (AvgIpc) is 2.66. The normalized spacial score (nSPS) is 28.2. The summed E-state index contributed by atoms with van der Waals surface area (Å²) in [5.74, 6) is 0. The summed E-state index contributed by atoms with van der Waals surface area (Å²) in [5.41, 5.74) is 6.18. The van der Waals surface area contributed by atoms with Gasteiger partial charge in [0.25, 0.3) is 0 Å². The van der Waals surface area contributed by atoms with Crippen molar-refractivity contribution in [1.29, 1.82) is 0 Å². The first-order valence-electron chi connectivity index (χ1n) is 6.58. The number of ether oxygens (including phenoxy) is 1. The second kappa shape index (κ2) is 6.49. The highest BCUT2D eigenvalue weighted by molar-refractivity contribution is 4.90. The van der Waals surface area contributed by atoms with Gasteiger partial charge in [0.1, 0.15) is 0 Å². The van der Waals surface area contributed by atoms with Gasteiger partial charge in [0.05, 0.1) is 5.60 Å². The molecule has 90 valence electrons. The molecule has 2 unspecified atom stereocenters. The van der Waals surface area contributed by atoms with Crippen LogP contribution < -0.4 is 5.73 Å².